The van der Waals surface area contributed by atoms with E-state index in [1.54, 1.807) is 6.92 Å². The molecule has 0 bridgehead atoms. The molecule has 0 unspecified atom stereocenters. The lowest BCUT2D eigenvalue weighted by molar-refractivity contribution is -0.121. The monoisotopic (exact) mass is 304 g/mol. The smallest absolute Gasteiger partial charge is 0.221 e. The minimum atomic E-state index is 0.0203. The molecule has 0 aromatic carbocycles. The van der Waals surface area contributed by atoms with Crippen LogP contribution >= 0.6 is 0 Å². The van der Waals surface area contributed by atoms with Crippen molar-refractivity contribution in [3.8, 4) is 0 Å². The van der Waals surface area contributed by atoms with E-state index in [4.69, 9.17) is 14.2 Å². The molecular weight excluding hydrogens is 276 g/mol. The Morgan fingerprint density at radius 3 is 1.95 bits per heavy atom. The summed E-state index contributed by atoms with van der Waals surface area (Å²) < 4.78 is 15.8. The molecule has 0 saturated heterocycles. The van der Waals surface area contributed by atoms with Crippen molar-refractivity contribution in [2.45, 2.75) is 19.8 Å². The maximum Gasteiger partial charge on any atom is 0.221 e. The third-order valence-electron chi connectivity index (χ3n) is 2.51. The van der Waals surface area contributed by atoms with Crippen LogP contribution in [0.25, 0.3) is 0 Å². The molecule has 1 amide bonds. The van der Waals surface area contributed by atoms with E-state index in [2.05, 4.69) is 10.6 Å². The number of hydrogen-bond acceptors (Lipinski definition) is 6. The van der Waals surface area contributed by atoms with Gasteiger partial charge in [-0.1, -0.05) is 0 Å². The van der Waals surface area contributed by atoms with Crippen molar-refractivity contribution in [3.05, 3.63) is 0 Å². The van der Waals surface area contributed by atoms with E-state index < -0.39 is 0 Å². The third kappa shape index (κ3) is 16.9. The molecule has 0 fully saturated rings. The average molecular weight is 304 g/mol. The number of Topliss-reactive ketones (excluding diaryl/α,β-unsaturated/α-hetero) is 1. The first-order valence-corrected chi connectivity index (χ1v) is 7.30. The van der Waals surface area contributed by atoms with Crippen LogP contribution in [0.2, 0.25) is 0 Å². The fourth-order valence-corrected chi connectivity index (χ4v) is 1.35. The lowest BCUT2D eigenvalue weighted by Gasteiger charge is -2.07. The molecule has 0 saturated carbocycles. The van der Waals surface area contributed by atoms with Gasteiger partial charge < -0.3 is 24.8 Å². The summed E-state index contributed by atoms with van der Waals surface area (Å²) in [5.74, 6) is 0.147. The predicted molar refractivity (Wildman–Crippen MR) is 79.3 cm³/mol. The van der Waals surface area contributed by atoms with Crippen molar-refractivity contribution in [1.82, 2.24) is 10.6 Å². The van der Waals surface area contributed by atoms with Crippen LogP contribution in [-0.4, -0.2) is 71.5 Å². The van der Waals surface area contributed by atoms with Crippen LogP contribution in [0, 0.1) is 0 Å². The van der Waals surface area contributed by atoms with Gasteiger partial charge in [0.1, 0.15) is 5.78 Å². The van der Waals surface area contributed by atoms with Crippen LogP contribution in [-0.2, 0) is 23.8 Å². The normalized spacial score (nSPS) is 10.6. The molecule has 0 aliphatic heterocycles. The predicted octanol–water partition coefficient (Wildman–Crippen LogP) is -0.259. The van der Waals surface area contributed by atoms with Gasteiger partial charge in [-0.15, -0.1) is 0 Å². The van der Waals surface area contributed by atoms with Gasteiger partial charge in [-0.2, -0.15) is 0 Å². The number of ether oxygens (including phenoxy) is 3. The Labute approximate surface area is 126 Å². The second-order valence-electron chi connectivity index (χ2n) is 4.49. The number of hydrogen-bond donors (Lipinski definition) is 2. The molecule has 0 aromatic rings. The van der Waals surface area contributed by atoms with Gasteiger partial charge >= 0.3 is 0 Å². The maximum absolute atomic E-state index is 11.2. The number of amides is 1. The van der Waals surface area contributed by atoms with Crippen molar-refractivity contribution in [2.24, 2.45) is 0 Å². The number of carbonyl (C=O) groups excluding carboxylic acids is 2. The molecule has 2 N–H and O–H groups in total. The zero-order valence-electron chi connectivity index (χ0n) is 13.1. The molecule has 0 radical (unpaired) electrons. The molecule has 0 aliphatic carbocycles. The molecule has 124 valence electrons. The Hall–Kier alpha value is -1.02. The quantitative estimate of drug-likeness (QED) is 0.406. The van der Waals surface area contributed by atoms with Crippen LogP contribution in [0.1, 0.15) is 19.8 Å². The molecule has 7 nitrogen and oxygen atoms in total. The number of rotatable bonds is 15. The van der Waals surface area contributed by atoms with Crippen molar-refractivity contribution in [3.63, 3.8) is 0 Å². The maximum atomic E-state index is 11.2. The fraction of sp³-hybridized carbons (Fsp3) is 0.857. The molecule has 0 rings (SSSR count). The number of ketones is 1. The van der Waals surface area contributed by atoms with E-state index >= 15 is 0 Å². The van der Waals surface area contributed by atoms with Crippen LogP contribution < -0.4 is 10.6 Å². The number of carbonyl (C=O) groups is 2. The molecular formula is C14H28N2O5. The Balaban J connectivity index is 3.09. The zero-order chi connectivity index (χ0) is 15.8. The Bertz CT molecular complexity index is 274. The van der Waals surface area contributed by atoms with Crippen molar-refractivity contribution in [1.29, 1.82) is 0 Å². The van der Waals surface area contributed by atoms with E-state index in [1.807, 2.05) is 7.05 Å². The Morgan fingerprint density at radius 1 is 0.810 bits per heavy atom. The van der Waals surface area contributed by atoms with E-state index in [0.29, 0.717) is 65.6 Å². The summed E-state index contributed by atoms with van der Waals surface area (Å²) in [6.07, 6.45) is 0.923. The number of nitrogens with one attached hydrogen (secondary N) is 2. The minimum Gasteiger partial charge on any atom is -0.379 e. The first-order chi connectivity index (χ1) is 10.2. The molecule has 0 atom stereocenters. The van der Waals surface area contributed by atoms with Gasteiger partial charge in [0.25, 0.3) is 0 Å². The van der Waals surface area contributed by atoms with E-state index in [9.17, 15) is 9.59 Å². The van der Waals surface area contributed by atoms with Crippen LogP contribution in [0.15, 0.2) is 0 Å². The summed E-state index contributed by atoms with van der Waals surface area (Å²) in [5, 5.41) is 5.67. The summed E-state index contributed by atoms with van der Waals surface area (Å²) in [4.78, 5) is 21.9. The SMILES string of the molecule is CNCCC(=O)NCCOCCOCCOCCC(C)=O. The van der Waals surface area contributed by atoms with Gasteiger partial charge in [-0.25, -0.2) is 0 Å². The minimum absolute atomic E-state index is 0.0203. The summed E-state index contributed by atoms with van der Waals surface area (Å²) >= 11 is 0. The van der Waals surface area contributed by atoms with Crippen LogP contribution in [0.4, 0.5) is 0 Å². The topological polar surface area (TPSA) is 85.9 Å². The second-order valence-corrected chi connectivity index (χ2v) is 4.49. The van der Waals surface area contributed by atoms with Crippen LogP contribution in [0.3, 0.4) is 0 Å². The van der Waals surface area contributed by atoms with E-state index in [1.165, 1.54) is 0 Å². The average Bonchev–Trinajstić information content (AvgIpc) is 2.45. The molecule has 7 heteroatoms. The lowest BCUT2D eigenvalue weighted by atomic mass is 10.3. The van der Waals surface area contributed by atoms with Crippen molar-refractivity contribution in [2.75, 3.05) is 59.8 Å². The standard InChI is InChI=1S/C14H28N2O5/c1-13(17)4-7-19-9-11-21-12-10-20-8-6-16-14(18)3-5-15-2/h15H,3-12H2,1-2H3,(H,16,18). The fourth-order valence-electron chi connectivity index (χ4n) is 1.35. The lowest BCUT2D eigenvalue weighted by Crippen LogP contribution is -2.29. The molecule has 0 aromatic heterocycles. The van der Waals surface area contributed by atoms with E-state index in [-0.39, 0.29) is 11.7 Å². The Morgan fingerprint density at radius 2 is 1.38 bits per heavy atom. The molecule has 0 spiro atoms. The van der Waals surface area contributed by atoms with Gasteiger partial charge in [0, 0.05) is 25.9 Å². The summed E-state index contributed by atoms with van der Waals surface area (Å²) in [6.45, 7) is 5.60. The van der Waals surface area contributed by atoms with Gasteiger partial charge in [0.2, 0.25) is 5.91 Å². The first kappa shape index (κ1) is 20.0. The highest BCUT2D eigenvalue weighted by molar-refractivity contribution is 5.76. The van der Waals surface area contributed by atoms with Crippen LogP contribution in [0.5, 0.6) is 0 Å². The second kappa shape index (κ2) is 15.4. The largest absolute Gasteiger partial charge is 0.379 e. The van der Waals surface area contributed by atoms with E-state index in [0.717, 1.165) is 0 Å². The third-order valence-corrected chi connectivity index (χ3v) is 2.51. The van der Waals surface area contributed by atoms with Crippen molar-refractivity contribution < 1.29 is 23.8 Å². The zero-order valence-corrected chi connectivity index (χ0v) is 13.1. The molecule has 21 heavy (non-hydrogen) atoms. The highest BCUT2D eigenvalue weighted by Gasteiger charge is 1.98. The van der Waals surface area contributed by atoms with Gasteiger partial charge in [-0.05, 0) is 14.0 Å². The highest BCUT2D eigenvalue weighted by Crippen LogP contribution is 1.85. The van der Waals surface area contributed by atoms with Gasteiger partial charge in [-0.3, -0.25) is 9.59 Å². The summed E-state index contributed by atoms with van der Waals surface area (Å²) in [7, 11) is 1.81. The molecule has 0 aliphatic rings. The molecule has 0 heterocycles. The summed E-state index contributed by atoms with van der Waals surface area (Å²) in [5.41, 5.74) is 0. The van der Waals surface area contributed by atoms with Crippen molar-refractivity contribution >= 4 is 11.7 Å². The summed E-state index contributed by atoms with van der Waals surface area (Å²) in [6, 6.07) is 0. The Kier molecular flexibility index (Phi) is 14.6. The van der Waals surface area contributed by atoms with Gasteiger partial charge in [0.15, 0.2) is 0 Å². The van der Waals surface area contributed by atoms with Gasteiger partial charge in [0.05, 0.1) is 39.6 Å². The first-order valence-electron chi connectivity index (χ1n) is 7.30. The highest BCUT2D eigenvalue weighted by atomic mass is 16.5.